The van der Waals surface area contributed by atoms with Gasteiger partial charge in [-0.05, 0) is 24.1 Å². The van der Waals surface area contributed by atoms with Gasteiger partial charge in [-0.2, -0.15) is 0 Å². The first kappa shape index (κ1) is 16.0. The molecule has 0 spiro atoms. The number of aliphatic carboxylic acids is 1. The number of rotatable bonds is 8. The summed E-state index contributed by atoms with van der Waals surface area (Å²) in [4.78, 5) is 21.9. The third kappa shape index (κ3) is 5.71. The Morgan fingerprint density at radius 1 is 1.40 bits per heavy atom. The van der Waals surface area contributed by atoms with Crippen LogP contribution in [0.25, 0.3) is 0 Å². The monoisotopic (exact) mass is 281 g/mol. The fourth-order valence-corrected chi connectivity index (χ4v) is 1.65. The van der Waals surface area contributed by atoms with Crippen LogP contribution in [0.1, 0.15) is 18.4 Å². The minimum absolute atomic E-state index is 0.000231. The molecule has 110 valence electrons. The van der Waals surface area contributed by atoms with Gasteiger partial charge < -0.3 is 20.3 Å². The molecular weight excluding hydrogens is 262 g/mol. The molecule has 1 rings (SSSR count). The van der Waals surface area contributed by atoms with E-state index in [4.69, 9.17) is 14.9 Å². The molecule has 0 fully saturated rings. The topological polar surface area (TPSA) is 95.9 Å². The van der Waals surface area contributed by atoms with Gasteiger partial charge in [0.05, 0.1) is 7.11 Å². The Bertz CT molecular complexity index is 461. The number of hydrogen-bond donors (Lipinski definition) is 3. The normalized spacial score (nSPS) is 11.7. The van der Waals surface area contributed by atoms with E-state index in [1.54, 1.807) is 7.11 Å². The molecule has 3 N–H and O–H groups in total. The molecule has 0 aromatic heterocycles. The lowest BCUT2D eigenvalue weighted by atomic mass is 10.1. The number of ether oxygens (including phenoxy) is 1. The van der Waals surface area contributed by atoms with E-state index < -0.39 is 12.1 Å². The Hall–Kier alpha value is -2.08. The average Bonchev–Trinajstić information content (AvgIpc) is 2.45. The highest BCUT2D eigenvalue weighted by Gasteiger charge is 2.12. The van der Waals surface area contributed by atoms with Crippen LogP contribution in [-0.2, 0) is 16.0 Å². The van der Waals surface area contributed by atoms with Crippen LogP contribution in [0.3, 0.4) is 0 Å². The number of aryl methyl sites for hydroxylation is 1. The molecule has 20 heavy (non-hydrogen) atoms. The van der Waals surface area contributed by atoms with E-state index in [-0.39, 0.29) is 18.9 Å². The molecule has 0 aliphatic carbocycles. The predicted molar refractivity (Wildman–Crippen MR) is 72.6 cm³/mol. The molecule has 0 aliphatic heterocycles. The number of benzene rings is 1. The van der Waals surface area contributed by atoms with Gasteiger partial charge in [0.15, 0.2) is 6.10 Å². The van der Waals surface area contributed by atoms with Crippen LogP contribution in [0.5, 0.6) is 5.75 Å². The second-order valence-corrected chi connectivity index (χ2v) is 4.34. The highest BCUT2D eigenvalue weighted by atomic mass is 16.5. The molecular formula is C14H19NO5. The SMILES string of the molecule is COc1cccc(CCC(=O)NCCC(O)C(=O)O)c1. The Balaban J connectivity index is 2.27. The molecule has 0 aliphatic rings. The summed E-state index contributed by atoms with van der Waals surface area (Å²) in [5.41, 5.74) is 0.991. The van der Waals surface area contributed by atoms with Crippen LogP contribution in [0.2, 0.25) is 0 Å². The Morgan fingerprint density at radius 2 is 2.15 bits per heavy atom. The highest BCUT2D eigenvalue weighted by Crippen LogP contribution is 2.13. The van der Waals surface area contributed by atoms with Gasteiger partial charge in [-0.25, -0.2) is 4.79 Å². The molecule has 6 nitrogen and oxygen atoms in total. The van der Waals surface area contributed by atoms with E-state index in [9.17, 15) is 9.59 Å². The van der Waals surface area contributed by atoms with Gasteiger partial charge in [0.2, 0.25) is 5.91 Å². The van der Waals surface area contributed by atoms with Crippen molar-refractivity contribution in [1.82, 2.24) is 5.32 Å². The molecule has 0 radical (unpaired) electrons. The van der Waals surface area contributed by atoms with Crippen molar-refractivity contribution in [2.24, 2.45) is 0 Å². The van der Waals surface area contributed by atoms with Crippen LogP contribution >= 0.6 is 0 Å². The van der Waals surface area contributed by atoms with Gasteiger partial charge in [-0.1, -0.05) is 12.1 Å². The minimum Gasteiger partial charge on any atom is -0.497 e. The van der Waals surface area contributed by atoms with Gasteiger partial charge in [-0.3, -0.25) is 4.79 Å². The minimum atomic E-state index is -1.44. The fourth-order valence-electron chi connectivity index (χ4n) is 1.65. The number of carbonyl (C=O) groups is 2. The number of methoxy groups -OCH3 is 1. The number of nitrogens with one attached hydrogen (secondary N) is 1. The van der Waals surface area contributed by atoms with Crippen LogP contribution in [0, 0.1) is 0 Å². The first-order valence-electron chi connectivity index (χ1n) is 6.33. The number of amides is 1. The molecule has 0 saturated heterocycles. The summed E-state index contributed by atoms with van der Waals surface area (Å²) in [5.74, 6) is -0.714. The summed E-state index contributed by atoms with van der Waals surface area (Å²) < 4.78 is 5.09. The Kier molecular flexibility index (Phi) is 6.52. The third-order valence-corrected chi connectivity index (χ3v) is 2.80. The van der Waals surface area contributed by atoms with Crippen LogP contribution in [0.15, 0.2) is 24.3 Å². The third-order valence-electron chi connectivity index (χ3n) is 2.80. The van der Waals surface area contributed by atoms with Gasteiger partial charge >= 0.3 is 5.97 Å². The van der Waals surface area contributed by atoms with E-state index >= 15 is 0 Å². The van der Waals surface area contributed by atoms with E-state index in [0.717, 1.165) is 11.3 Å². The van der Waals surface area contributed by atoms with E-state index in [2.05, 4.69) is 5.32 Å². The van der Waals surface area contributed by atoms with Crippen molar-refractivity contribution >= 4 is 11.9 Å². The fraction of sp³-hybridized carbons (Fsp3) is 0.429. The van der Waals surface area contributed by atoms with Crippen LogP contribution in [0.4, 0.5) is 0 Å². The molecule has 0 bridgehead atoms. The average molecular weight is 281 g/mol. The lowest BCUT2D eigenvalue weighted by molar-refractivity contribution is -0.147. The molecule has 1 amide bonds. The smallest absolute Gasteiger partial charge is 0.332 e. The van der Waals surface area contributed by atoms with E-state index in [1.165, 1.54) is 0 Å². The quantitative estimate of drug-likeness (QED) is 0.648. The van der Waals surface area contributed by atoms with Crippen molar-refractivity contribution in [3.63, 3.8) is 0 Å². The molecule has 1 unspecified atom stereocenters. The van der Waals surface area contributed by atoms with E-state index in [0.29, 0.717) is 12.8 Å². The maximum atomic E-state index is 11.6. The lowest BCUT2D eigenvalue weighted by Gasteiger charge is -2.08. The summed E-state index contributed by atoms with van der Waals surface area (Å²) in [6.07, 6.45) is -0.560. The van der Waals surface area contributed by atoms with Crippen molar-refractivity contribution in [3.05, 3.63) is 29.8 Å². The van der Waals surface area contributed by atoms with Crippen LogP contribution in [-0.4, -0.2) is 41.8 Å². The zero-order valence-corrected chi connectivity index (χ0v) is 11.3. The number of aliphatic hydroxyl groups is 1. The number of carbonyl (C=O) groups excluding carboxylic acids is 1. The van der Waals surface area contributed by atoms with Crippen molar-refractivity contribution in [1.29, 1.82) is 0 Å². The molecule has 1 aromatic rings. The Labute approximate surface area is 117 Å². The molecule has 0 heterocycles. The molecule has 6 heteroatoms. The first-order valence-corrected chi connectivity index (χ1v) is 6.33. The maximum absolute atomic E-state index is 11.6. The molecule has 1 atom stereocenters. The Morgan fingerprint density at radius 3 is 2.80 bits per heavy atom. The second-order valence-electron chi connectivity index (χ2n) is 4.34. The summed E-state index contributed by atoms with van der Waals surface area (Å²) in [5, 5.41) is 20.1. The summed E-state index contributed by atoms with van der Waals surface area (Å²) in [6, 6.07) is 7.46. The second kappa shape index (κ2) is 8.16. The number of carboxylic acid groups (broad SMARTS) is 1. The molecule has 1 aromatic carbocycles. The standard InChI is InChI=1S/C14H19NO5/c1-20-11-4-2-3-10(9-11)5-6-13(17)15-8-7-12(16)14(18)19/h2-4,9,12,16H,5-8H2,1H3,(H,15,17)(H,18,19). The number of hydrogen-bond acceptors (Lipinski definition) is 4. The summed E-state index contributed by atoms with van der Waals surface area (Å²) >= 11 is 0. The van der Waals surface area contributed by atoms with E-state index in [1.807, 2.05) is 24.3 Å². The van der Waals surface area contributed by atoms with Crippen LogP contribution < -0.4 is 10.1 Å². The van der Waals surface area contributed by atoms with Gasteiger partial charge in [-0.15, -0.1) is 0 Å². The zero-order valence-electron chi connectivity index (χ0n) is 11.3. The summed E-state index contributed by atoms with van der Waals surface area (Å²) in [7, 11) is 1.58. The highest BCUT2D eigenvalue weighted by molar-refractivity contribution is 5.76. The number of aliphatic hydroxyl groups excluding tert-OH is 1. The van der Waals surface area contributed by atoms with Gasteiger partial charge in [0.1, 0.15) is 5.75 Å². The van der Waals surface area contributed by atoms with Crippen molar-refractivity contribution in [2.45, 2.75) is 25.4 Å². The summed E-state index contributed by atoms with van der Waals surface area (Å²) in [6.45, 7) is 0.143. The van der Waals surface area contributed by atoms with Gasteiger partial charge in [0, 0.05) is 19.4 Å². The lowest BCUT2D eigenvalue weighted by Crippen LogP contribution is -2.30. The predicted octanol–water partition coefficient (Wildman–Crippen LogP) is 0.580. The maximum Gasteiger partial charge on any atom is 0.332 e. The number of carboxylic acids is 1. The van der Waals surface area contributed by atoms with Gasteiger partial charge in [0.25, 0.3) is 0 Å². The largest absolute Gasteiger partial charge is 0.497 e. The van der Waals surface area contributed by atoms with Crippen molar-refractivity contribution in [2.75, 3.05) is 13.7 Å². The molecule has 0 saturated carbocycles. The van der Waals surface area contributed by atoms with Crippen molar-refractivity contribution < 1.29 is 24.5 Å². The zero-order chi connectivity index (χ0) is 15.0. The first-order chi connectivity index (χ1) is 9.52. The van der Waals surface area contributed by atoms with Crippen molar-refractivity contribution in [3.8, 4) is 5.75 Å².